The first-order chi connectivity index (χ1) is 13.7. The number of ether oxygens (including phenoxy) is 1. The number of aliphatic hydroxyl groups excluding tert-OH is 1. The normalized spacial score (nSPS) is 28.7. The second-order valence-corrected chi connectivity index (χ2v) is 14.6. The molecule has 0 aliphatic carbocycles. The lowest BCUT2D eigenvalue weighted by molar-refractivity contribution is -0.154. The Labute approximate surface area is 177 Å². The molecule has 164 valence electrons. The summed E-state index contributed by atoms with van der Waals surface area (Å²) in [5, 5.41) is 11.1. The summed E-state index contributed by atoms with van der Waals surface area (Å²) in [6.45, 7) is 10.6. The van der Waals surface area contributed by atoms with Crippen molar-refractivity contribution in [2.75, 3.05) is 6.61 Å². The monoisotopic (exact) mass is 440 g/mol. The van der Waals surface area contributed by atoms with Crippen molar-refractivity contribution in [1.82, 2.24) is 0 Å². The smallest absolute Gasteiger partial charge is 0.199 e. The molecule has 1 aliphatic heterocycles. The van der Waals surface area contributed by atoms with E-state index >= 15 is 0 Å². The lowest BCUT2D eigenvalue weighted by atomic mass is 9.83. The van der Waals surface area contributed by atoms with Crippen LogP contribution in [0.2, 0.25) is 18.1 Å². The second-order valence-electron chi connectivity index (χ2n) is 8.05. The first-order valence-electron chi connectivity index (χ1n) is 10.7. The van der Waals surface area contributed by atoms with Gasteiger partial charge in [-0.1, -0.05) is 52.8 Å². The fraction of sp³-hybridized carbons (Fsp3) is 0.636. The Bertz CT molecular complexity index is 752. The maximum Gasteiger partial charge on any atom is 0.199 e. The van der Waals surface area contributed by atoms with Gasteiger partial charge in [0.1, 0.15) is 0 Å². The third-order valence-corrected chi connectivity index (χ3v) is 12.6. The molecular weight excluding hydrogens is 404 g/mol. The molecule has 5 nitrogen and oxygen atoms in total. The number of hydrogen-bond donors (Lipinski definition) is 1. The van der Waals surface area contributed by atoms with E-state index in [1.807, 2.05) is 0 Å². The lowest BCUT2D eigenvalue weighted by Gasteiger charge is -2.47. The summed E-state index contributed by atoms with van der Waals surface area (Å²) in [5.74, 6) is 0.0356. The van der Waals surface area contributed by atoms with Crippen molar-refractivity contribution in [3.05, 3.63) is 41.8 Å². The van der Waals surface area contributed by atoms with Gasteiger partial charge >= 0.3 is 0 Å². The predicted octanol–water partition coefficient (Wildman–Crippen LogP) is 4.40. The van der Waals surface area contributed by atoms with Crippen molar-refractivity contribution in [3.63, 3.8) is 0 Å². The van der Waals surface area contributed by atoms with E-state index in [2.05, 4.69) is 34.6 Å². The summed E-state index contributed by atoms with van der Waals surface area (Å²) in [7, 11) is -5.39. The van der Waals surface area contributed by atoms with Gasteiger partial charge in [0, 0.05) is 17.2 Å². The standard InChI is InChI=1S/C22H36O5SSi/c1-6-29(7-2,8-3)27-22-17(4)20(26-21(16-23)18(22)5)14-15-28(24,25)19-12-10-9-11-13-19/h9-15,17-18,20-23H,6-8,16H2,1-5H3/b15-14+/t17-,18?,20?,21-,22-/m1/s1. The molecule has 1 aliphatic rings. The zero-order valence-electron chi connectivity index (χ0n) is 18.2. The molecule has 0 saturated carbocycles. The number of aliphatic hydroxyl groups is 1. The summed E-state index contributed by atoms with van der Waals surface area (Å²) in [6, 6.07) is 11.5. The molecule has 1 aromatic rings. The highest BCUT2D eigenvalue weighted by Crippen LogP contribution is 2.37. The van der Waals surface area contributed by atoms with Crippen LogP contribution in [0.1, 0.15) is 34.6 Å². The van der Waals surface area contributed by atoms with Crippen LogP contribution in [-0.4, -0.2) is 46.8 Å². The molecule has 0 amide bonds. The molecule has 0 bridgehead atoms. The first-order valence-corrected chi connectivity index (χ1v) is 14.7. The van der Waals surface area contributed by atoms with Gasteiger partial charge in [-0.3, -0.25) is 0 Å². The average Bonchev–Trinajstić information content (AvgIpc) is 2.74. The first kappa shape index (κ1) is 24.3. The fourth-order valence-electron chi connectivity index (χ4n) is 4.13. The molecule has 1 aromatic carbocycles. The average molecular weight is 441 g/mol. The lowest BCUT2D eigenvalue weighted by Crippen LogP contribution is -2.55. The number of benzene rings is 1. The molecule has 0 aromatic heterocycles. The van der Waals surface area contributed by atoms with Crippen LogP contribution in [0.5, 0.6) is 0 Å². The van der Waals surface area contributed by atoms with E-state index in [0.29, 0.717) is 0 Å². The third-order valence-electron chi connectivity index (χ3n) is 6.49. The van der Waals surface area contributed by atoms with E-state index in [9.17, 15) is 13.5 Å². The van der Waals surface area contributed by atoms with E-state index in [4.69, 9.17) is 9.16 Å². The Hall–Kier alpha value is -0.993. The van der Waals surface area contributed by atoms with Gasteiger partial charge in [-0.15, -0.1) is 0 Å². The molecule has 29 heavy (non-hydrogen) atoms. The van der Waals surface area contributed by atoms with Gasteiger partial charge in [-0.25, -0.2) is 8.42 Å². The van der Waals surface area contributed by atoms with E-state index in [-0.39, 0.29) is 35.5 Å². The molecule has 1 heterocycles. The minimum atomic E-state index is -3.54. The highest BCUT2D eigenvalue weighted by atomic mass is 32.2. The maximum absolute atomic E-state index is 12.6. The summed E-state index contributed by atoms with van der Waals surface area (Å²) in [6.07, 6.45) is 0.749. The molecule has 7 heteroatoms. The summed E-state index contributed by atoms with van der Waals surface area (Å²) < 4.78 is 38.1. The quantitative estimate of drug-likeness (QED) is 0.576. The van der Waals surface area contributed by atoms with Gasteiger partial charge in [-0.05, 0) is 36.3 Å². The van der Waals surface area contributed by atoms with Crippen molar-refractivity contribution in [2.45, 2.75) is 76.0 Å². The predicted molar refractivity (Wildman–Crippen MR) is 119 cm³/mol. The Morgan fingerprint density at radius 3 is 2.17 bits per heavy atom. The highest BCUT2D eigenvalue weighted by Gasteiger charge is 2.44. The summed E-state index contributed by atoms with van der Waals surface area (Å²) in [5.41, 5.74) is 0. The number of rotatable bonds is 9. The van der Waals surface area contributed by atoms with E-state index < -0.39 is 24.3 Å². The van der Waals surface area contributed by atoms with Gasteiger partial charge in [0.25, 0.3) is 0 Å². The van der Waals surface area contributed by atoms with Crippen LogP contribution >= 0.6 is 0 Å². The zero-order valence-corrected chi connectivity index (χ0v) is 20.1. The number of sulfone groups is 1. The topological polar surface area (TPSA) is 72.8 Å². The van der Waals surface area contributed by atoms with Crippen LogP contribution in [0.25, 0.3) is 0 Å². The molecule has 1 N–H and O–H groups in total. The van der Waals surface area contributed by atoms with Gasteiger partial charge in [-0.2, -0.15) is 0 Å². The molecule has 5 atom stereocenters. The molecule has 1 fully saturated rings. The largest absolute Gasteiger partial charge is 0.413 e. The molecule has 0 radical (unpaired) electrons. The van der Waals surface area contributed by atoms with Gasteiger partial charge in [0.05, 0.1) is 29.8 Å². The molecule has 1 saturated heterocycles. The molecule has 0 spiro atoms. The van der Waals surface area contributed by atoms with Crippen LogP contribution in [0, 0.1) is 11.8 Å². The van der Waals surface area contributed by atoms with Gasteiger partial charge in [0.15, 0.2) is 18.2 Å². The van der Waals surface area contributed by atoms with Crippen LogP contribution in [0.3, 0.4) is 0 Å². The van der Waals surface area contributed by atoms with Crippen molar-refractivity contribution >= 4 is 18.2 Å². The van der Waals surface area contributed by atoms with Crippen molar-refractivity contribution < 1.29 is 22.7 Å². The van der Waals surface area contributed by atoms with Crippen LogP contribution in [0.4, 0.5) is 0 Å². The minimum Gasteiger partial charge on any atom is -0.413 e. The molecule has 2 rings (SSSR count). The highest BCUT2D eigenvalue weighted by molar-refractivity contribution is 7.94. The van der Waals surface area contributed by atoms with E-state index in [0.717, 1.165) is 18.1 Å². The van der Waals surface area contributed by atoms with Crippen LogP contribution < -0.4 is 0 Å². The van der Waals surface area contributed by atoms with Crippen molar-refractivity contribution in [2.24, 2.45) is 11.8 Å². The Morgan fingerprint density at radius 2 is 1.66 bits per heavy atom. The second kappa shape index (κ2) is 10.4. The van der Waals surface area contributed by atoms with Crippen molar-refractivity contribution in [3.8, 4) is 0 Å². The summed E-state index contributed by atoms with van der Waals surface area (Å²) >= 11 is 0. The van der Waals surface area contributed by atoms with Crippen LogP contribution in [0.15, 0.2) is 46.7 Å². The van der Waals surface area contributed by atoms with Gasteiger partial charge < -0.3 is 14.3 Å². The third kappa shape index (κ3) is 5.58. The Kier molecular flexibility index (Phi) is 8.67. The SMILES string of the molecule is CC[Si](CC)(CC)O[C@H]1C(C)[C@@H](CO)OC(/C=C/S(=O)(=O)c2ccccc2)[C@H]1C. The Balaban J connectivity index is 2.28. The van der Waals surface area contributed by atoms with E-state index in [1.165, 1.54) is 5.41 Å². The molecular formula is C22H36O5SSi. The Morgan fingerprint density at radius 1 is 1.07 bits per heavy atom. The maximum atomic E-state index is 12.6. The molecule has 2 unspecified atom stereocenters. The van der Waals surface area contributed by atoms with Crippen LogP contribution in [-0.2, 0) is 19.0 Å². The fourth-order valence-corrected chi connectivity index (χ4v) is 8.19. The van der Waals surface area contributed by atoms with Crippen molar-refractivity contribution in [1.29, 1.82) is 0 Å². The number of hydrogen-bond acceptors (Lipinski definition) is 5. The minimum absolute atomic E-state index is 0.00783. The summed E-state index contributed by atoms with van der Waals surface area (Å²) in [4.78, 5) is 0.258. The van der Waals surface area contributed by atoms with Gasteiger partial charge in [0.2, 0.25) is 0 Å². The van der Waals surface area contributed by atoms with E-state index in [1.54, 1.807) is 36.4 Å². The zero-order chi connectivity index (χ0) is 21.7.